The van der Waals surface area contributed by atoms with Gasteiger partial charge in [0.05, 0.1) is 13.3 Å². The van der Waals surface area contributed by atoms with Gasteiger partial charge in [-0.05, 0) is 19.1 Å². The highest BCUT2D eigenvalue weighted by atomic mass is 16.5. The van der Waals surface area contributed by atoms with Gasteiger partial charge in [-0.3, -0.25) is 5.10 Å². The second-order valence-corrected chi connectivity index (χ2v) is 3.80. The zero-order chi connectivity index (χ0) is 13.0. The molecule has 6 heteroatoms. The molecule has 0 aliphatic heterocycles. The average Bonchev–Trinajstić information content (AvgIpc) is 2.81. The van der Waals surface area contributed by atoms with Gasteiger partial charge < -0.3 is 10.1 Å². The summed E-state index contributed by atoms with van der Waals surface area (Å²) < 4.78 is 4.62. The van der Waals surface area contributed by atoms with Gasteiger partial charge in [-0.15, -0.1) is 0 Å². The number of rotatable bonds is 4. The number of carbonyl (C=O) groups excluding carboxylic acids is 1. The van der Waals surface area contributed by atoms with Crippen molar-refractivity contribution in [2.45, 2.75) is 13.5 Å². The van der Waals surface area contributed by atoms with Crippen LogP contribution in [0.3, 0.4) is 0 Å². The van der Waals surface area contributed by atoms with Crippen molar-refractivity contribution in [3.63, 3.8) is 0 Å². The van der Waals surface area contributed by atoms with Crippen LogP contribution in [0, 0.1) is 6.92 Å². The lowest BCUT2D eigenvalue weighted by Gasteiger charge is -2.06. The van der Waals surface area contributed by atoms with E-state index in [0.29, 0.717) is 6.54 Å². The summed E-state index contributed by atoms with van der Waals surface area (Å²) in [6, 6.07) is 3.45. The van der Waals surface area contributed by atoms with Crippen molar-refractivity contribution in [3.05, 3.63) is 41.5 Å². The standard InChI is InChI=1S/C12H14N4O2/c1-8-9(7-15-16-8)6-14-10-3-4-13-11(5-10)12(17)18-2/h3-5,7H,6H2,1-2H3,(H,13,14)(H,15,16). The molecule has 0 amide bonds. The molecule has 2 aromatic heterocycles. The van der Waals surface area contributed by atoms with Crippen molar-refractivity contribution in [1.29, 1.82) is 0 Å². The molecule has 94 valence electrons. The van der Waals surface area contributed by atoms with E-state index in [2.05, 4.69) is 25.2 Å². The molecule has 2 N–H and O–H groups in total. The molecule has 18 heavy (non-hydrogen) atoms. The number of methoxy groups -OCH3 is 1. The smallest absolute Gasteiger partial charge is 0.356 e. The average molecular weight is 246 g/mol. The van der Waals surface area contributed by atoms with E-state index < -0.39 is 5.97 Å². The number of hydrogen-bond donors (Lipinski definition) is 2. The van der Waals surface area contributed by atoms with E-state index in [9.17, 15) is 4.79 Å². The monoisotopic (exact) mass is 246 g/mol. The highest BCUT2D eigenvalue weighted by Crippen LogP contribution is 2.11. The lowest BCUT2D eigenvalue weighted by molar-refractivity contribution is 0.0594. The molecular formula is C12H14N4O2. The largest absolute Gasteiger partial charge is 0.464 e. The van der Waals surface area contributed by atoms with Crippen LogP contribution in [-0.2, 0) is 11.3 Å². The Kier molecular flexibility index (Phi) is 3.57. The van der Waals surface area contributed by atoms with Crippen LogP contribution >= 0.6 is 0 Å². The van der Waals surface area contributed by atoms with E-state index in [4.69, 9.17) is 0 Å². The number of nitrogens with one attached hydrogen (secondary N) is 2. The third kappa shape index (κ3) is 2.65. The van der Waals surface area contributed by atoms with Gasteiger partial charge in [0, 0.05) is 29.7 Å². The minimum Gasteiger partial charge on any atom is -0.464 e. The predicted octanol–water partition coefficient (Wildman–Crippen LogP) is 1.51. The fourth-order valence-corrected chi connectivity index (χ4v) is 1.51. The van der Waals surface area contributed by atoms with E-state index in [1.807, 2.05) is 6.92 Å². The molecule has 0 saturated carbocycles. The maximum atomic E-state index is 11.3. The summed E-state index contributed by atoms with van der Waals surface area (Å²) in [4.78, 5) is 15.3. The SMILES string of the molecule is COC(=O)c1cc(NCc2cn[nH]c2C)ccn1. The van der Waals surface area contributed by atoms with Crippen LogP contribution in [0.25, 0.3) is 0 Å². The van der Waals surface area contributed by atoms with Crippen molar-refractivity contribution in [2.24, 2.45) is 0 Å². The molecule has 2 heterocycles. The highest BCUT2D eigenvalue weighted by Gasteiger charge is 2.07. The zero-order valence-electron chi connectivity index (χ0n) is 10.2. The van der Waals surface area contributed by atoms with E-state index in [0.717, 1.165) is 16.9 Å². The molecule has 0 aliphatic rings. The molecule has 0 unspecified atom stereocenters. The molecule has 0 bridgehead atoms. The van der Waals surface area contributed by atoms with Gasteiger partial charge in [-0.25, -0.2) is 9.78 Å². The molecule has 2 rings (SSSR count). The van der Waals surface area contributed by atoms with Crippen molar-refractivity contribution in [2.75, 3.05) is 12.4 Å². The number of hydrogen-bond acceptors (Lipinski definition) is 5. The zero-order valence-corrected chi connectivity index (χ0v) is 10.2. The molecule has 0 radical (unpaired) electrons. The van der Waals surface area contributed by atoms with Gasteiger partial charge in [-0.1, -0.05) is 0 Å². The Balaban J connectivity index is 2.06. The van der Waals surface area contributed by atoms with E-state index >= 15 is 0 Å². The lowest BCUT2D eigenvalue weighted by atomic mass is 10.2. The first-order valence-electron chi connectivity index (χ1n) is 5.48. The van der Waals surface area contributed by atoms with Crippen molar-refractivity contribution in [1.82, 2.24) is 15.2 Å². The third-order valence-corrected chi connectivity index (χ3v) is 2.57. The van der Waals surface area contributed by atoms with Crippen LogP contribution in [0.15, 0.2) is 24.5 Å². The van der Waals surface area contributed by atoms with Gasteiger partial charge in [0.1, 0.15) is 5.69 Å². The summed E-state index contributed by atoms with van der Waals surface area (Å²) in [5.74, 6) is -0.446. The molecule has 0 aromatic carbocycles. The van der Waals surface area contributed by atoms with Gasteiger partial charge >= 0.3 is 5.97 Å². The summed E-state index contributed by atoms with van der Waals surface area (Å²) in [5.41, 5.74) is 3.19. The molecule has 0 fully saturated rings. The normalized spacial score (nSPS) is 10.1. The van der Waals surface area contributed by atoms with Gasteiger partial charge in [0.15, 0.2) is 0 Å². The summed E-state index contributed by atoms with van der Waals surface area (Å²) in [5, 5.41) is 10.0. The Morgan fingerprint density at radius 3 is 3.06 bits per heavy atom. The molecule has 0 saturated heterocycles. The minimum absolute atomic E-state index is 0.284. The van der Waals surface area contributed by atoms with Crippen LogP contribution in [0.4, 0.5) is 5.69 Å². The molecule has 0 aliphatic carbocycles. The number of aromatic amines is 1. The van der Waals surface area contributed by atoms with Crippen LogP contribution in [0.5, 0.6) is 0 Å². The van der Waals surface area contributed by atoms with Gasteiger partial charge in [-0.2, -0.15) is 5.10 Å². The van der Waals surface area contributed by atoms with E-state index in [-0.39, 0.29) is 5.69 Å². The van der Waals surface area contributed by atoms with E-state index in [1.54, 1.807) is 24.5 Å². The van der Waals surface area contributed by atoms with Crippen molar-refractivity contribution >= 4 is 11.7 Å². The molecule has 6 nitrogen and oxygen atoms in total. The Hall–Kier alpha value is -2.37. The van der Waals surface area contributed by atoms with Crippen molar-refractivity contribution < 1.29 is 9.53 Å². The van der Waals surface area contributed by atoms with Crippen LogP contribution in [0.1, 0.15) is 21.7 Å². The first kappa shape index (κ1) is 12.1. The Morgan fingerprint density at radius 1 is 1.56 bits per heavy atom. The first-order chi connectivity index (χ1) is 8.70. The summed E-state index contributed by atoms with van der Waals surface area (Å²) in [6.45, 7) is 2.59. The van der Waals surface area contributed by atoms with Crippen LogP contribution in [0.2, 0.25) is 0 Å². The number of anilines is 1. The number of nitrogens with zero attached hydrogens (tertiary/aromatic N) is 2. The molecule has 0 spiro atoms. The molecular weight excluding hydrogens is 232 g/mol. The number of aryl methyl sites for hydroxylation is 1. The minimum atomic E-state index is -0.446. The molecule has 0 atom stereocenters. The Labute approximate surface area is 104 Å². The maximum Gasteiger partial charge on any atom is 0.356 e. The Morgan fingerprint density at radius 2 is 2.39 bits per heavy atom. The fraction of sp³-hybridized carbons (Fsp3) is 0.250. The van der Waals surface area contributed by atoms with Crippen LogP contribution < -0.4 is 5.32 Å². The van der Waals surface area contributed by atoms with Gasteiger partial charge in [0.2, 0.25) is 0 Å². The summed E-state index contributed by atoms with van der Waals surface area (Å²) in [7, 11) is 1.33. The highest BCUT2D eigenvalue weighted by molar-refractivity contribution is 5.88. The third-order valence-electron chi connectivity index (χ3n) is 2.57. The lowest BCUT2D eigenvalue weighted by Crippen LogP contribution is -2.06. The van der Waals surface area contributed by atoms with Crippen molar-refractivity contribution in [3.8, 4) is 0 Å². The summed E-state index contributed by atoms with van der Waals surface area (Å²) >= 11 is 0. The second-order valence-electron chi connectivity index (χ2n) is 3.80. The summed E-state index contributed by atoms with van der Waals surface area (Å²) in [6.07, 6.45) is 3.33. The number of carbonyl (C=O) groups is 1. The van der Waals surface area contributed by atoms with Crippen LogP contribution in [-0.4, -0.2) is 28.3 Å². The number of ether oxygens (including phenoxy) is 1. The Bertz CT molecular complexity index is 551. The predicted molar refractivity (Wildman–Crippen MR) is 66.2 cm³/mol. The topological polar surface area (TPSA) is 79.9 Å². The second kappa shape index (κ2) is 5.31. The number of aromatic nitrogens is 3. The fourth-order valence-electron chi connectivity index (χ4n) is 1.51. The quantitative estimate of drug-likeness (QED) is 0.799. The van der Waals surface area contributed by atoms with E-state index in [1.165, 1.54) is 7.11 Å². The first-order valence-corrected chi connectivity index (χ1v) is 5.48. The number of H-pyrrole nitrogens is 1. The number of pyridine rings is 1. The van der Waals surface area contributed by atoms with Gasteiger partial charge in [0.25, 0.3) is 0 Å². The number of esters is 1. The maximum absolute atomic E-state index is 11.3. The molecule has 2 aromatic rings.